The molecule has 1 aromatic rings. The summed E-state index contributed by atoms with van der Waals surface area (Å²) < 4.78 is 5.40. The summed E-state index contributed by atoms with van der Waals surface area (Å²) in [6, 6.07) is 9.70. The van der Waals surface area contributed by atoms with E-state index in [1.807, 2.05) is 49.6 Å². The quantitative estimate of drug-likeness (QED) is 0.466. The molecule has 0 aliphatic rings. The first-order valence-corrected chi connectivity index (χ1v) is 5.43. The van der Waals surface area contributed by atoms with E-state index in [9.17, 15) is 4.79 Å². The van der Waals surface area contributed by atoms with Crippen LogP contribution in [0, 0.1) is 0 Å². The Bertz CT molecular complexity index is 334. The highest BCUT2D eigenvalue weighted by Gasteiger charge is 2.32. The summed E-state index contributed by atoms with van der Waals surface area (Å²) in [4.78, 5) is 11.3. The van der Waals surface area contributed by atoms with Gasteiger partial charge in [0, 0.05) is 0 Å². The number of ether oxygens (including phenoxy) is 1. The minimum atomic E-state index is -0.604. The second kappa shape index (κ2) is 5.51. The third-order valence-corrected chi connectivity index (χ3v) is 2.85. The first-order valence-electron chi connectivity index (χ1n) is 5.43. The maximum atomic E-state index is 11.3. The topological polar surface area (TPSA) is 64.3 Å². The average Bonchev–Trinajstić information content (AvgIpc) is 2.37. The number of hydrogen-bond donors (Lipinski definition) is 2. The summed E-state index contributed by atoms with van der Waals surface area (Å²) in [6.07, 6.45) is 0.814. The summed E-state index contributed by atoms with van der Waals surface area (Å²) >= 11 is 0. The molecule has 0 atom stereocenters. The van der Waals surface area contributed by atoms with E-state index in [2.05, 4.69) is 0 Å². The van der Waals surface area contributed by atoms with Crippen molar-refractivity contribution < 1.29 is 9.53 Å². The molecule has 0 radical (unpaired) electrons. The van der Waals surface area contributed by atoms with Gasteiger partial charge in [-0.15, -0.1) is 0 Å². The average molecular weight is 222 g/mol. The van der Waals surface area contributed by atoms with Crippen LogP contribution in [0.4, 0.5) is 4.79 Å². The van der Waals surface area contributed by atoms with Crippen molar-refractivity contribution in [3.8, 4) is 0 Å². The summed E-state index contributed by atoms with van der Waals surface area (Å²) in [5, 5.41) is 0. The number of carbonyl (C=O) groups excluding carboxylic acids is 1. The number of rotatable bonds is 4. The van der Waals surface area contributed by atoms with Crippen molar-refractivity contribution >= 4 is 6.09 Å². The Kier molecular flexibility index (Phi) is 4.31. The maximum absolute atomic E-state index is 11.3. The Hall–Kier alpha value is -1.55. The van der Waals surface area contributed by atoms with E-state index >= 15 is 0 Å². The van der Waals surface area contributed by atoms with Crippen molar-refractivity contribution in [2.75, 3.05) is 0 Å². The van der Waals surface area contributed by atoms with E-state index in [-0.39, 0.29) is 0 Å². The molecule has 3 N–H and O–H groups in total. The lowest BCUT2D eigenvalue weighted by atomic mass is 9.88. The standard InChI is InChI=1S/C12H18N2O2/c1-3-12(4-2,16-11(15)14-13)10-8-6-5-7-9-10/h5-9H,3-4,13H2,1-2H3,(H,14,15). The monoisotopic (exact) mass is 222 g/mol. The van der Waals surface area contributed by atoms with Crippen LogP contribution in [-0.2, 0) is 10.3 Å². The number of amides is 1. The van der Waals surface area contributed by atoms with Gasteiger partial charge >= 0.3 is 6.09 Å². The van der Waals surface area contributed by atoms with E-state index in [1.165, 1.54) is 0 Å². The minimum Gasteiger partial charge on any atom is -0.437 e. The van der Waals surface area contributed by atoms with Gasteiger partial charge in [-0.25, -0.2) is 10.6 Å². The molecular formula is C12H18N2O2. The fourth-order valence-corrected chi connectivity index (χ4v) is 1.81. The van der Waals surface area contributed by atoms with Crippen LogP contribution in [0.5, 0.6) is 0 Å². The van der Waals surface area contributed by atoms with Gasteiger partial charge in [0.15, 0.2) is 0 Å². The molecule has 0 aliphatic heterocycles. The first-order chi connectivity index (χ1) is 7.68. The zero-order valence-electron chi connectivity index (χ0n) is 9.69. The number of carbonyl (C=O) groups is 1. The molecule has 0 heterocycles. The van der Waals surface area contributed by atoms with Crippen molar-refractivity contribution in [3.05, 3.63) is 35.9 Å². The molecule has 0 aliphatic carbocycles. The molecule has 4 nitrogen and oxygen atoms in total. The molecule has 1 rings (SSSR count). The lowest BCUT2D eigenvalue weighted by Gasteiger charge is -2.31. The molecule has 0 bridgehead atoms. The van der Waals surface area contributed by atoms with Crippen LogP contribution in [0.2, 0.25) is 0 Å². The van der Waals surface area contributed by atoms with Crippen LogP contribution < -0.4 is 11.3 Å². The predicted molar refractivity (Wildman–Crippen MR) is 62.5 cm³/mol. The van der Waals surface area contributed by atoms with Crippen LogP contribution in [0.3, 0.4) is 0 Å². The Labute approximate surface area is 95.8 Å². The summed E-state index contributed by atoms with van der Waals surface area (Å²) in [6.45, 7) is 3.97. The molecule has 0 saturated heterocycles. The second-order valence-corrected chi connectivity index (χ2v) is 3.60. The van der Waals surface area contributed by atoms with Crippen LogP contribution in [0.1, 0.15) is 32.3 Å². The SMILES string of the molecule is CCC(CC)(OC(=O)NN)c1ccccc1. The zero-order valence-corrected chi connectivity index (χ0v) is 9.69. The number of nitrogens with two attached hydrogens (primary N) is 1. The first kappa shape index (κ1) is 12.5. The van der Waals surface area contributed by atoms with E-state index < -0.39 is 11.7 Å². The number of hydrogen-bond acceptors (Lipinski definition) is 3. The molecule has 16 heavy (non-hydrogen) atoms. The highest BCUT2D eigenvalue weighted by molar-refractivity contribution is 5.67. The molecule has 4 heteroatoms. The third kappa shape index (κ3) is 2.52. The highest BCUT2D eigenvalue weighted by Crippen LogP contribution is 2.32. The molecule has 0 fully saturated rings. The number of hydrazine groups is 1. The predicted octanol–water partition coefficient (Wildman–Crippen LogP) is 2.30. The Morgan fingerprint density at radius 2 is 1.88 bits per heavy atom. The van der Waals surface area contributed by atoms with Crippen molar-refractivity contribution in [1.82, 2.24) is 5.43 Å². The normalized spacial score (nSPS) is 10.9. The van der Waals surface area contributed by atoms with Crippen LogP contribution in [-0.4, -0.2) is 6.09 Å². The smallest absolute Gasteiger partial charge is 0.422 e. The van der Waals surface area contributed by atoms with Gasteiger partial charge in [-0.1, -0.05) is 44.2 Å². The molecule has 1 aromatic carbocycles. The van der Waals surface area contributed by atoms with E-state index in [0.29, 0.717) is 12.8 Å². The van der Waals surface area contributed by atoms with Crippen molar-refractivity contribution in [2.45, 2.75) is 32.3 Å². The lowest BCUT2D eigenvalue weighted by molar-refractivity contribution is 0.000635. The minimum absolute atomic E-state index is 0.593. The van der Waals surface area contributed by atoms with Gasteiger partial charge in [0.2, 0.25) is 0 Å². The molecule has 0 spiro atoms. The van der Waals surface area contributed by atoms with Crippen molar-refractivity contribution in [2.24, 2.45) is 5.84 Å². The van der Waals surface area contributed by atoms with E-state index in [1.54, 1.807) is 0 Å². The van der Waals surface area contributed by atoms with Crippen LogP contribution in [0.25, 0.3) is 0 Å². The van der Waals surface area contributed by atoms with Gasteiger partial charge in [0.25, 0.3) is 0 Å². The highest BCUT2D eigenvalue weighted by atomic mass is 16.6. The van der Waals surface area contributed by atoms with Gasteiger partial charge < -0.3 is 4.74 Å². The van der Waals surface area contributed by atoms with Crippen LogP contribution in [0.15, 0.2) is 30.3 Å². The van der Waals surface area contributed by atoms with Crippen molar-refractivity contribution in [1.29, 1.82) is 0 Å². The Balaban J connectivity index is 3.01. The Morgan fingerprint density at radius 3 is 2.31 bits per heavy atom. The molecule has 0 unspecified atom stereocenters. The van der Waals surface area contributed by atoms with Crippen molar-refractivity contribution in [3.63, 3.8) is 0 Å². The number of nitrogens with one attached hydrogen (secondary N) is 1. The lowest BCUT2D eigenvalue weighted by Crippen LogP contribution is -2.39. The fraction of sp³-hybridized carbons (Fsp3) is 0.417. The number of benzene rings is 1. The van der Waals surface area contributed by atoms with Gasteiger partial charge in [-0.2, -0.15) is 0 Å². The van der Waals surface area contributed by atoms with Gasteiger partial charge in [0.05, 0.1) is 0 Å². The maximum Gasteiger partial charge on any atom is 0.422 e. The molecule has 0 saturated carbocycles. The van der Waals surface area contributed by atoms with Gasteiger partial charge in [-0.3, -0.25) is 5.43 Å². The third-order valence-electron chi connectivity index (χ3n) is 2.85. The van der Waals surface area contributed by atoms with Gasteiger partial charge in [0.1, 0.15) is 5.60 Å². The van der Waals surface area contributed by atoms with E-state index in [4.69, 9.17) is 10.6 Å². The Morgan fingerprint density at radius 1 is 1.31 bits per heavy atom. The zero-order chi connectivity index (χ0) is 12.0. The molecule has 1 amide bonds. The van der Waals surface area contributed by atoms with Crippen LogP contribution >= 0.6 is 0 Å². The van der Waals surface area contributed by atoms with E-state index in [0.717, 1.165) is 5.56 Å². The summed E-state index contributed by atoms with van der Waals surface area (Å²) in [7, 11) is 0. The largest absolute Gasteiger partial charge is 0.437 e. The second-order valence-electron chi connectivity index (χ2n) is 3.60. The molecular weight excluding hydrogens is 204 g/mol. The fourth-order valence-electron chi connectivity index (χ4n) is 1.81. The summed E-state index contributed by atoms with van der Waals surface area (Å²) in [5.41, 5.74) is 2.39. The molecule has 88 valence electrons. The van der Waals surface area contributed by atoms with Gasteiger partial charge in [-0.05, 0) is 18.4 Å². The summed E-state index contributed by atoms with van der Waals surface area (Å²) in [5.74, 6) is 5.04. The molecule has 0 aromatic heterocycles.